The second-order valence-electron chi connectivity index (χ2n) is 3.45. The number of nitriles is 1. The normalized spacial score (nSPS) is 10.0. The summed E-state index contributed by atoms with van der Waals surface area (Å²) in [6.07, 6.45) is 1.57. The minimum atomic E-state index is 0.451. The van der Waals surface area contributed by atoms with Gasteiger partial charge in [0.25, 0.3) is 0 Å². The fraction of sp³-hybridized carbons (Fsp3) is 0.455. The summed E-state index contributed by atoms with van der Waals surface area (Å²) in [7, 11) is 0. The number of nitrogens with one attached hydrogen (secondary N) is 1. The van der Waals surface area contributed by atoms with E-state index in [2.05, 4.69) is 24.1 Å². The summed E-state index contributed by atoms with van der Waals surface area (Å²) < 4.78 is 5.37. The molecule has 1 aromatic rings. The van der Waals surface area contributed by atoms with Gasteiger partial charge in [0.2, 0.25) is 5.88 Å². The Bertz CT molecular complexity index is 344. The zero-order chi connectivity index (χ0) is 11.1. The van der Waals surface area contributed by atoms with E-state index in [1.165, 1.54) is 0 Å². The van der Waals surface area contributed by atoms with Crippen LogP contribution < -0.4 is 10.1 Å². The highest BCUT2D eigenvalue weighted by Gasteiger charge is 1.97. The topological polar surface area (TPSA) is 57.9 Å². The van der Waals surface area contributed by atoms with Crippen molar-refractivity contribution >= 4 is 0 Å². The predicted molar refractivity (Wildman–Crippen MR) is 57.6 cm³/mol. The van der Waals surface area contributed by atoms with Gasteiger partial charge in [-0.25, -0.2) is 4.98 Å². The molecule has 1 N–H and O–H groups in total. The van der Waals surface area contributed by atoms with Crippen molar-refractivity contribution in [3.63, 3.8) is 0 Å². The number of hydrogen-bond donors (Lipinski definition) is 1. The van der Waals surface area contributed by atoms with Crippen molar-refractivity contribution in [3.05, 3.63) is 23.9 Å². The van der Waals surface area contributed by atoms with Crippen LogP contribution in [0.1, 0.15) is 19.4 Å². The zero-order valence-corrected chi connectivity index (χ0v) is 9.03. The molecule has 0 fully saturated rings. The molecule has 0 radical (unpaired) electrons. The minimum absolute atomic E-state index is 0.451. The summed E-state index contributed by atoms with van der Waals surface area (Å²) in [5.74, 6) is 0.500. The SMILES string of the molecule is CC(C)NCCOc1cc(C#N)ccn1. The number of ether oxygens (including phenoxy) is 1. The second kappa shape index (κ2) is 5.99. The van der Waals surface area contributed by atoms with Gasteiger partial charge in [-0.05, 0) is 6.07 Å². The highest BCUT2D eigenvalue weighted by atomic mass is 16.5. The molecule has 0 saturated carbocycles. The lowest BCUT2D eigenvalue weighted by Crippen LogP contribution is -2.27. The number of rotatable bonds is 5. The summed E-state index contributed by atoms with van der Waals surface area (Å²) in [5, 5.41) is 11.9. The van der Waals surface area contributed by atoms with Crippen molar-refractivity contribution in [2.75, 3.05) is 13.2 Å². The van der Waals surface area contributed by atoms with Crippen molar-refractivity contribution in [1.82, 2.24) is 10.3 Å². The standard InChI is InChI=1S/C11H15N3O/c1-9(2)13-5-6-15-11-7-10(8-12)3-4-14-11/h3-4,7,9,13H,5-6H2,1-2H3. The van der Waals surface area contributed by atoms with Crippen LogP contribution in [-0.4, -0.2) is 24.2 Å². The van der Waals surface area contributed by atoms with Crippen molar-refractivity contribution in [1.29, 1.82) is 5.26 Å². The van der Waals surface area contributed by atoms with Crippen molar-refractivity contribution < 1.29 is 4.74 Å². The Hall–Kier alpha value is -1.60. The lowest BCUT2D eigenvalue weighted by molar-refractivity contribution is 0.298. The number of nitrogens with zero attached hydrogens (tertiary/aromatic N) is 2. The summed E-state index contributed by atoms with van der Waals surface area (Å²) in [6.45, 7) is 5.49. The van der Waals surface area contributed by atoms with E-state index in [0.29, 0.717) is 24.1 Å². The van der Waals surface area contributed by atoms with Crippen molar-refractivity contribution in [3.8, 4) is 11.9 Å². The Labute approximate surface area is 89.9 Å². The molecule has 80 valence electrons. The van der Waals surface area contributed by atoms with E-state index in [1.807, 2.05) is 6.07 Å². The molecule has 0 saturated heterocycles. The van der Waals surface area contributed by atoms with Gasteiger partial charge in [-0.3, -0.25) is 0 Å². The molecule has 1 aromatic heterocycles. The minimum Gasteiger partial charge on any atom is -0.476 e. The van der Waals surface area contributed by atoms with Crippen molar-refractivity contribution in [2.45, 2.75) is 19.9 Å². The van der Waals surface area contributed by atoms with Crippen LogP contribution in [0.2, 0.25) is 0 Å². The Morgan fingerprint density at radius 1 is 1.60 bits per heavy atom. The molecule has 0 aliphatic carbocycles. The van der Waals surface area contributed by atoms with Gasteiger partial charge >= 0.3 is 0 Å². The van der Waals surface area contributed by atoms with Crippen LogP contribution in [0.4, 0.5) is 0 Å². The number of pyridine rings is 1. The van der Waals surface area contributed by atoms with Gasteiger partial charge in [-0.15, -0.1) is 0 Å². The third-order valence-electron chi connectivity index (χ3n) is 1.77. The van der Waals surface area contributed by atoms with Crippen LogP contribution in [0.3, 0.4) is 0 Å². The molecule has 0 unspecified atom stereocenters. The fourth-order valence-corrected chi connectivity index (χ4v) is 1.06. The average Bonchev–Trinajstić information content (AvgIpc) is 2.24. The molecule has 0 bridgehead atoms. The maximum atomic E-state index is 8.66. The van der Waals surface area contributed by atoms with Crippen LogP contribution in [0.15, 0.2) is 18.3 Å². The molecule has 0 aromatic carbocycles. The molecule has 0 spiro atoms. The second-order valence-corrected chi connectivity index (χ2v) is 3.45. The smallest absolute Gasteiger partial charge is 0.214 e. The zero-order valence-electron chi connectivity index (χ0n) is 9.03. The first-order valence-electron chi connectivity index (χ1n) is 4.94. The summed E-state index contributed by atoms with van der Waals surface area (Å²) >= 11 is 0. The quantitative estimate of drug-likeness (QED) is 0.737. The van der Waals surface area contributed by atoms with E-state index in [9.17, 15) is 0 Å². The molecule has 4 heteroatoms. The number of aromatic nitrogens is 1. The number of hydrogen-bond acceptors (Lipinski definition) is 4. The monoisotopic (exact) mass is 205 g/mol. The summed E-state index contributed by atoms with van der Waals surface area (Å²) in [5.41, 5.74) is 0.566. The Morgan fingerprint density at radius 2 is 2.40 bits per heavy atom. The van der Waals surface area contributed by atoms with E-state index >= 15 is 0 Å². The highest BCUT2D eigenvalue weighted by Crippen LogP contribution is 2.07. The first kappa shape index (κ1) is 11.5. The van der Waals surface area contributed by atoms with Gasteiger partial charge in [0.15, 0.2) is 0 Å². The van der Waals surface area contributed by atoms with Gasteiger partial charge in [-0.1, -0.05) is 13.8 Å². The maximum Gasteiger partial charge on any atom is 0.214 e. The lowest BCUT2D eigenvalue weighted by atomic mass is 10.3. The average molecular weight is 205 g/mol. The highest BCUT2D eigenvalue weighted by molar-refractivity contribution is 5.31. The van der Waals surface area contributed by atoms with Crippen LogP contribution in [0, 0.1) is 11.3 Å². The van der Waals surface area contributed by atoms with Gasteiger partial charge in [0, 0.05) is 24.8 Å². The molecule has 1 rings (SSSR count). The summed E-state index contributed by atoms with van der Waals surface area (Å²) in [4.78, 5) is 4.00. The molecule has 15 heavy (non-hydrogen) atoms. The summed E-state index contributed by atoms with van der Waals surface area (Å²) in [6, 6.07) is 5.78. The third-order valence-corrected chi connectivity index (χ3v) is 1.77. The van der Waals surface area contributed by atoms with Gasteiger partial charge in [0.1, 0.15) is 6.61 Å². The van der Waals surface area contributed by atoms with Crippen LogP contribution in [0.5, 0.6) is 5.88 Å². The molecule has 4 nitrogen and oxygen atoms in total. The predicted octanol–water partition coefficient (Wildman–Crippen LogP) is 1.33. The Kier molecular flexibility index (Phi) is 4.58. The van der Waals surface area contributed by atoms with Crippen LogP contribution >= 0.6 is 0 Å². The van der Waals surface area contributed by atoms with Gasteiger partial charge in [0.05, 0.1) is 11.6 Å². The van der Waals surface area contributed by atoms with Crippen LogP contribution in [-0.2, 0) is 0 Å². The largest absolute Gasteiger partial charge is 0.476 e. The first-order chi connectivity index (χ1) is 7.22. The third kappa shape index (κ3) is 4.43. The lowest BCUT2D eigenvalue weighted by Gasteiger charge is -2.08. The van der Waals surface area contributed by atoms with Crippen LogP contribution in [0.25, 0.3) is 0 Å². The Balaban J connectivity index is 2.35. The van der Waals surface area contributed by atoms with Gasteiger partial charge in [-0.2, -0.15) is 5.26 Å². The fourth-order valence-electron chi connectivity index (χ4n) is 1.06. The van der Waals surface area contributed by atoms with Crippen molar-refractivity contribution in [2.24, 2.45) is 0 Å². The first-order valence-corrected chi connectivity index (χ1v) is 4.94. The molecule has 0 amide bonds. The molecule has 0 atom stereocenters. The van der Waals surface area contributed by atoms with E-state index in [4.69, 9.17) is 10.00 Å². The molecule has 0 aliphatic rings. The molecular weight excluding hydrogens is 190 g/mol. The van der Waals surface area contributed by atoms with E-state index in [1.54, 1.807) is 18.3 Å². The van der Waals surface area contributed by atoms with Gasteiger partial charge < -0.3 is 10.1 Å². The van der Waals surface area contributed by atoms with E-state index in [-0.39, 0.29) is 0 Å². The van der Waals surface area contributed by atoms with E-state index < -0.39 is 0 Å². The molecule has 1 heterocycles. The molecular formula is C11H15N3O. The molecule has 0 aliphatic heterocycles. The maximum absolute atomic E-state index is 8.66. The van der Waals surface area contributed by atoms with E-state index in [0.717, 1.165) is 6.54 Å². The Morgan fingerprint density at radius 3 is 3.07 bits per heavy atom.